The highest BCUT2D eigenvalue weighted by Crippen LogP contribution is 2.37. The number of nitrogens with two attached hydrogens (primary N) is 1. The Morgan fingerprint density at radius 1 is 1.09 bits per heavy atom. The van der Waals surface area contributed by atoms with Gasteiger partial charge in [0.25, 0.3) is 0 Å². The lowest BCUT2D eigenvalue weighted by Gasteiger charge is -2.06. The van der Waals surface area contributed by atoms with Crippen LogP contribution in [0.5, 0.6) is 5.75 Å². The molecule has 6 N–H and O–H groups in total. The fourth-order valence-corrected chi connectivity index (χ4v) is 3.95. The number of hydrogen-bond acceptors (Lipinski definition) is 6. The number of aromatic amines is 1. The average Bonchev–Trinajstić information content (AvgIpc) is 3.42. The standard InChI is InChI=1S/C26H24N8O/c1-14(29-2)19-10-9-18(13-30-19)15-4-6-16(7-5-15)22-24(35)23(34(3)33-22)26-31-20-11-8-17(25(27)28)12-21(20)32-26/h4-13,29,35H,1H2,2-3H3,(H3,27,28)(H,31,32). The number of nitrogens with zero attached hydrogens (tertiary/aromatic N) is 4. The zero-order chi connectivity index (χ0) is 24.7. The topological polar surface area (TPSA) is 142 Å². The molecule has 0 unspecified atom stereocenters. The second kappa shape index (κ2) is 8.45. The quantitative estimate of drug-likeness (QED) is 0.191. The minimum absolute atomic E-state index is 0.0210. The van der Waals surface area contributed by atoms with Crippen LogP contribution < -0.4 is 11.1 Å². The molecule has 0 aliphatic rings. The molecule has 9 heteroatoms. The third-order valence-electron chi connectivity index (χ3n) is 5.91. The second-order valence-electron chi connectivity index (χ2n) is 8.14. The summed E-state index contributed by atoms with van der Waals surface area (Å²) in [6, 6.07) is 17.0. The molecule has 0 spiro atoms. The SMILES string of the molecule is C=C(NC)c1ccc(-c2ccc(-c3nn(C)c(-c4nc5ccc(C(=N)N)cc5[nH]4)c3O)cc2)cn1. The third-order valence-corrected chi connectivity index (χ3v) is 5.91. The first-order chi connectivity index (χ1) is 16.9. The molecule has 0 bridgehead atoms. The van der Waals surface area contributed by atoms with Crippen LogP contribution in [0.2, 0.25) is 0 Å². The van der Waals surface area contributed by atoms with Crippen molar-refractivity contribution in [3.05, 3.63) is 78.6 Å². The number of H-pyrrole nitrogens is 1. The van der Waals surface area contributed by atoms with E-state index in [0.29, 0.717) is 28.3 Å². The number of pyridine rings is 1. The van der Waals surface area contributed by atoms with Gasteiger partial charge in [-0.3, -0.25) is 15.1 Å². The molecule has 9 nitrogen and oxygen atoms in total. The van der Waals surface area contributed by atoms with Gasteiger partial charge < -0.3 is 21.1 Å². The van der Waals surface area contributed by atoms with Crippen LogP contribution in [0.4, 0.5) is 0 Å². The Morgan fingerprint density at radius 2 is 1.80 bits per heavy atom. The van der Waals surface area contributed by atoms with E-state index in [1.807, 2.05) is 49.6 Å². The van der Waals surface area contributed by atoms with Gasteiger partial charge >= 0.3 is 0 Å². The first-order valence-corrected chi connectivity index (χ1v) is 10.9. The van der Waals surface area contributed by atoms with E-state index in [4.69, 9.17) is 11.1 Å². The van der Waals surface area contributed by atoms with E-state index in [0.717, 1.165) is 33.6 Å². The molecule has 0 saturated carbocycles. The van der Waals surface area contributed by atoms with Gasteiger partial charge in [-0.1, -0.05) is 36.9 Å². The fourth-order valence-electron chi connectivity index (χ4n) is 3.95. The number of imidazole rings is 1. The van der Waals surface area contributed by atoms with Crippen LogP contribution in [-0.2, 0) is 7.05 Å². The number of rotatable bonds is 6. The Hall–Kier alpha value is -4.92. The van der Waals surface area contributed by atoms with Gasteiger partial charge in [-0.2, -0.15) is 5.10 Å². The van der Waals surface area contributed by atoms with Crippen LogP contribution in [0, 0.1) is 5.41 Å². The van der Waals surface area contributed by atoms with E-state index < -0.39 is 0 Å². The predicted molar refractivity (Wildman–Crippen MR) is 138 cm³/mol. The van der Waals surface area contributed by atoms with Gasteiger partial charge in [0, 0.05) is 37.0 Å². The largest absolute Gasteiger partial charge is 0.504 e. The molecule has 5 rings (SSSR count). The summed E-state index contributed by atoms with van der Waals surface area (Å²) in [7, 11) is 3.57. The highest BCUT2D eigenvalue weighted by atomic mass is 16.3. The molecule has 0 aliphatic heterocycles. The normalized spacial score (nSPS) is 11.0. The zero-order valence-corrected chi connectivity index (χ0v) is 19.3. The maximum absolute atomic E-state index is 11.1. The predicted octanol–water partition coefficient (Wildman–Crippen LogP) is 3.87. The van der Waals surface area contributed by atoms with Crippen molar-refractivity contribution in [2.45, 2.75) is 0 Å². The van der Waals surface area contributed by atoms with Crippen molar-refractivity contribution in [3.63, 3.8) is 0 Å². The van der Waals surface area contributed by atoms with Crippen molar-refractivity contribution in [1.82, 2.24) is 30.0 Å². The van der Waals surface area contributed by atoms with E-state index in [1.165, 1.54) is 0 Å². The highest BCUT2D eigenvalue weighted by Gasteiger charge is 2.21. The molecule has 35 heavy (non-hydrogen) atoms. The van der Waals surface area contributed by atoms with Gasteiger partial charge in [0.2, 0.25) is 0 Å². The van der Waals surface area contributed by atoms with E-state index >= 15 is 0 Å². The number of aromatic nitrogens is 5. The summed E-state index contributed by atoms with van der Waals surface area (Å²) in [5.41, 5.74) is 12.8. The molecule has 174 valence electrons. The van der Waals surface area contributed by atoms with Gasteiger partial charge in [-0.15, -0.1) is 0 Å². The Balaban J connectivity index is 1.46. The second-order valence-corrected chi connectivity index (χ2v) is 8.14. The van der Waals surface area contributed by atoms with Crippen molar-refractivity contribution >= 4 is 22.6 Å². The molecule has 0 fully saturated rings. The molecular weight excluding hydrogens is 440 g/mol. The summed E-state index contributed by atoms with van der Waals surface area (Å²) in [6.45, 7) is 3.93. The van der Waals surface area contributed by atoms with Crippen LogP contribution in [0.25, 0.3) is 50.6 Å². The smallest absolute Gasteiger partial charge is 0.173 e. The molecule has 0 saturated heterocycles. The summed E-state index contributed by atoms with van der Waals surface area (Å²) in [6.07, 6.45) is 1.81. The number of aromatic hydroxyl groups is 1. The Labute approximate surface area is 201 Å². The van der Waals surface area contributed by atoms with Crippen molar-refractivity contribution in [2.24, 2.45) is 12.8 Å². The lowest BCUT2D eigenvalue weighted by Crippen LogP contribution is -2.10. The molecule has 5 aromatic rings. The van der Waals surface area contributed by atoms with Crippen molar-refractivity contribution in [3.8, 4) is 39.7 Å². The van der Waals surface area contributed by atoms with Crippen LogP contribution in [0.15, 0.2) is 67.4 Å². The molecule has 0 atom stereocenters. The number of nitrogens with one attached hydrogen (secondary N) is 3. The van der Waals surface area contributed by atoms with Gasteiger partial charge in [0.1, 0.15) is 17.2 Å². The monoisotopic (exact) mass is 464 g/mol. The fraction of sp³-hybridized carbons (Fsp3) is 0.0769. The summed E-state index contributed by atoms with van der Waals surface area (Å²) < 4.78 is 1.60. The molecule has 3 heterocycles. The average molecular weight is 465 g/mol. The Bertz CT molecular complexity index is 1580. The molecule has 0 aliphatic carbocycles. The number of benzene rings is 2. The van der Waals surface area contributed by atoms with Crippen molar-refractivity contribution in [1.29, 1.82) is 5.41 Å². The first-order valence-electron chi connectivity index (χ1n) is 10.9. The highest BCUT2D eigenvalue weighted by molar-refractivity contribution is 5.98. The minimum Gasteiger partial charge on any atom is -0.504 e. The first kappa shape index (κ1) is 21.9. The Morgan fingerprint density at radius 3 is 2.46 bits per heavy atom. The number of hydrogen-bond donors (Lipinski definition) is 5. The summed E-state index contributed by atoms with van der Waals surface area (Å²) in [4.78, 5) is 12.2. The summed E-state index contributed by atoms with van der Waals surface area (Å²) in [5, 5.41) is 26.2. The van der Waals surface area contributed by atoms with Gasteiger partial charge in [0.15, 0.2) is 11.6 Å². The lowest BCUT2D eigenvalue weighted by molar-refractivity contribution is 0.478. The third kappa shape index (κ3) is 3.89. The number of fused-ring (bicyclic) bond motifs is 1. The minimum atomic E-state index is -0.0210. The lowest BCUT2D eigenvalue weighted by atomic mass is 10.0. The van der Waals surface area contributed by atoms with E-state index in [2.05, 4.69) is 31.9 Å². The van der Waals surface area contributed by atoms with E-state index in [1.54, 1.807) is 29.9 Å². The van der Waals surface area contributed by atoms with Crippen molar-refractivity contribution < 1.29 is 5.11 Å². The maximum atomic E-state index is 11.1. The van der Waals surface area contributed by atoms with Crippen LogP contribution in [0.3, 0.4) is 0 Å². The van der Waals surface area contributed by atoms with Gasteiger partial charge in [-0.05, 0) is 29.8 Å². The Kier molecular flexibility index (Phi) is 5.29. The van der Waals surface area contributed by atoms with E-state index in [9.17, 15) is 5.11 Å². The molecule has 3 aromatic heterocycles. The van der Waals surface area contributed by atoms with Crippen LogP contribution >= 0.6 is 0 Å². The summed E-state index contributed by atoms with van der Waals surface area (Å²) in [5.74, 6) is 0.486. The maximum Gasteiger partial charge on any atom is 0.173 e. The van der Waals surface area contributed by atoms with Crippen LogP contribution in [0.1, 0.15) is 11.3 Å². The molecule has 2 aromatic carbocycles. The molecule has 0 amide bonds. The van der Waals surface area contributed by atoms with Gasteiger partial charge in [-0.25, -0.2) is 4.98 Å². The number of nitrogen functional groups attached to an aromatic ring is 1. The summed E-state index contributed by atoms with van der Waals surface area (Å²) >= 11 is 0. The zero-order valence-electron chi connectivity index (χ0n) is 19.3. The van der Waals surface area contributed by atoms with Gasteiger partial charge in [0.05, 0.1) is 22.4 Å². The number of aryl methyl sites for hydroxylation is 1. The van der Waals surface area contributed by atoms with Crippen molar-refractivity contribution in [2.75, 3.05) is 7.05 Å². The van der Waals surface area contributed by atoms with E-state index in [-0.39, 0.29) is 11.6 Å². The molecular formula is C26H24N8O. The van der Waals surface area contributed by atoms with Crippen LogP contribution in [-0.4, -0.2) is 42.7 Å². The number of amidine groups is 1. The molecule has 0 radical (unpaired) electrons.